The molecule has 0 aromatic heterocycles. The lowest BCUT2D eigenvalue weighted by atomic mass is 9.42. The van der Waals surface area contributed by atoms with Crippen LogP contribution >= 0.6 is 0 Å². The summed E-state index contributed by atoms with van der Waals surface area (Å²) >= 11 is 0. The minimum atomic E-state index is -1.85. The maximum Gasteiger partial charge on any atom is 0.340 e. The minimum Gasteiger partial charge on any atom is -0.462 e. The number of imide groups is 1. The van der Waals surface area contributed by atoms with Crippen molar-refractivity contribution in [2.75, 3.05) is 45.4 Å². The summed E-state index contributed by atoms with van der Waals surface area (Å²) in [4.78, 5) is 55.8. The molecule has 13 heteroatoms. The molecule has 2 saturated heterocycles. The number of hydrogen-bond acceptors (Lipinski definition) is 12. The Kier molecular flexibility index (Phi) is 8.11. The number of aliphatic hydroxyl groups is 3. The average molecular weight is 711 g/mol. The van der Waals surface area contributed by atoms with E-state index >= 15 is 0 Å². The Bertz CT molecular complexity index is 1650. The third-order valence-corrected chi connectivity index (χ3v) is 14.7. The lowest BCUT2D eigenvalue weighted by Gasteiger charge is -2.70. The van der Waals surface area contributed by atoms with Gasteiger partial charge in [-0.3, -0.25) is 19.3 Å². The number of methoxy groups -OCH3 is 2. The molecule has 2 amide bonds. The summed E-state index contributed by atoms with van der Waals surface area (Å²) < 4.78 is 24.6. The molecule has 7 bridgehead atoms. The van der Waals surface area contributed by atoms with E-state index < -0.39 is 82.5 Å². The third-order valence-electron chi connectivity index (χ3n) is 14.7. The average Bonchev–Trinajstić information content (AvgIpc) is 3.61. The maximum atomic E-state index is 14.1. The van der Waals surface area contributed by atoms with E-state index in [4.69, 9.17) is 18.9 Å². The fourth-order valence-corrected chi connectivity index (χ4v) is 13.4. The minimum absolute atomic E-state index is 0.0512. The van der Waals surface area contributed by atoms with E-state index in [9.17, 15) is 34.5 Å². The van der Waals surface area contributed by atoms with Crippen LogP contribution in [-0.2, 0) is 33.3 Å². The van der Waals surface area contributed by atoms with Crippen molar-refractivity contribution in [1.29, 1.82) is 0 Å². The molecule has 7 aliphatic rings. The zero-order valence-corrected chi connectivity index (χ0v) is 29.9. The second-order valence-electron chi connectivity index (χ2n) is 16.5. The number of nitrogens with zero attached hydrogens (tertiary/aromatic N) is 2. The molecule has 7 fully saturated rings. The first-order valence-corrected chi connectivity index (χ1v) is 18.5. The molecule has 2 heterocycles. The summed E-state index contributed by atoms with van der Waals surface area (Å²) in [6.07, 6.45) is 0.372. The van der Waals surface area contributed by atoms with Gasteiger partial charge < -0.3 is 34.3 Å². The highest BCUT2D eigenvalue weighted by molar-refractivity contribution is 6.22. The predicted octanol–water partition coefficient (Wildman–Crippen LogP) is 1.55. The number of piperidine rings is 1. The van der Waals surface area contributed by atoms with Gasteiger partial charge in [-0.1, -0.05) is 26.0 Å². The van der Waals surface area contributed by atoms with Crippen molar-refractivity contribution in [2.24, 2.45) is 46.3 Å². The number of ether oxygens (including phenoxy) is 4. The number of anilines is 1. The molecule has 51 heavy (non-hydrogen) atoms. The van der Waals surface area contributed by atoms with E-state index in [1.54, 1.807) is 45.4 Å². The second-order valence-corrected chi connectivity index (χ2v) is 16.5. The van der Waals surface area contributed by atoms with E-state index in [-0.39, 0.29) is 60.5 Å². The van der Waals surface area contributed by atoms with Gasteiger partial charge in [0.25, 0.3) is 0 Å². The first-order valence-electron chi connectivity index (χ1n) is 18.5. The number of benzene rings is 1. The van der Waals surface area contributed by atoms with E-state index in [1.807, 2.05) is 6.92 Å². The zero-order chi connectivity index (χ0) is 36.4. The number of rotatable bonds is 9. The Labute approximate surface area is 297 Å². The largest absolute Gasteiger partial charge is 0.462 e. The summed E-state index contributed by atoms with van der Waals surface area (Å²) in [7, 11) is 3.25. The van der Waals surface area contributed by atoms with Crippen LogP contribution in [0.3, 0.4) is 0 Å². The summed E-state index contributed by atoms with van der Waals surface area (Å²) in [5.74, 6) is -4.75. The van der Waals surface area contributed by atoms with Crippen LogP contribution < -0.4 is 4.90 Å². The van der Waals surface area contributed by atoms with Crippen LogP contribution in [0.4, 0.5) is 5.69 Å². The van der Waals surface area contributed by atoms with Gasteiger partial charge in [0.1, 0.15) is 17.3 Å². The second kappa shape index (κ2) is 11.8. The molecule has 1 aromatic carbocycles. The molecule has 3 N–H and O–H groups in total. The van der Waals surface area contributed by atoms with Crippen molar-refractivity contribution in [1.82, 2.24) is 4.90 Å². The lowest BCUT2D eigenvalue weighted by Crippen LogP contribution is -2.82. The van der Waals surface area contributed by atoms with Crippen molar-refractivity contribution >= 4 is 29.4 Å². The molecule has 13 nitrogen and oxygen atoms in total. The number of esters is 2. The summed E-state index contributed by atoms with van der Waals surface area (Å²) in [5.41, 5.74) is -4.89. The topological polar surface area (TPSA) is 172 Å². The summed E-state index contributed by atoms with van der Waals surface area (Å²) in [6, 6.07) is 5.86. The normalized spacial score (nSPS) is 46.4. The van der Waals surface area contributed by atoms with Gasteiger partial charge in [-0.15, -0.1) is 0 Å². The van der Waals surface area contributed by atoms with Crippen LogP contribution in [-0.4, -0.2) is 120 Å². The number of para-hydroxylation sites is 1. The quantitative estimate of drug-likeness (QED) is 0.250. The Balaban J connectivity index is 1.24. The van der Waals surface area contributed by atoms with E-state index in [0.29, 0.717) is 32.4 Å². The third kappa shape index (κ3) is 4.19. The van der Waals surface area contributed by atoms with E-state index in [1.165, 1.54) is 6.92 Å². The number of carbonyl (C=O) groups excluding carboxylic acids is 4. The van der Waals surface area contributed by atoms with E-state index in [0.717, 1.165) is 4.90 Å². The number of likely N-dealkylation sites (tertiary alicyclic amines) is 1. The molecular weight excluding hydrogens is 660 g/mol. The SMILES string of the molecule is CCN1CC2(COC(=O)c3ccccc3N3C(=O)CC(C)C3=O)CCC(OC)C34C5CC6C(OC)CC(O)(C5C6OC(C)=O)C(O)(C(CO)C23)C14. The number of carbonyl (C=O) groups is 4. The van der Waals surface area contributed by atoms with Gasteiger partial charge in [-0.2, -0.15) is 0 Å². The Morgan fingerprint density at radius 2 is 1.84 bits per heavy atom. The molecular formula is C38H50N2O11. The van der Waals surface area contributed by atoms with Crippen molar-refractivity contribution in [2.45, 2.75) is 88.4 Å². The van der Waals surface area contributed by atoms with E-state index in [2.05, 4.69) is 4.90 Å². The molecule has 0 radical (unpaired) electrons. The monoisotopic (exact) mass is 710 g/mol. The van der Waals surface area contributed by atoms with Crippen molar-refractivity contribution < 1.29 is 53.4 Å². The van der Waals surface area contributed by atoms with Gasteiger partial charge >= 0.3 is 11.9 Å². The standard InChI is InChI=1S/C38H50N2O11/c1-6-39-17-35(18-50-33(45)21-9-7-8-10-25(21)40-28(43)13-19(2)32(40)44)12-11-27(49-5)37-23-14-22-26(48-4)15-36(46,29(23)30(22)51-20(3)42)38(47,34(37)39)24(16-41)31(35)37/h7-10,19,22-24,26-27,29-31,34,41,46-47H,6,11-18H2,1-5H3. The molecule has 1 spiro atoms. The van der Waals surface area contributed by atoms with Gasteiger partial charge in [-0.05, 0) is 49.8 Å². The van der Waals surface area contributed by atoms with Crippen LogP contribution in [0.5, 0.6) is 0 Å². The van der Waals surface area contributed by atoms with Crippen LogP contribution in [0.25, 0.3) is 0 Å². The van der Waals surface area contributed by atoms with Crippen molar-refractivity contribution in [3.8, 4) is 0 Å². The van der Waals surface area contributed by atoms with Crippen LogP contribution in [0.2, 0.25) is 0 Å². The first kappa shape index (κ1) is 35.1. The molecule has 14 unspecified atom stereocenters. The number of amides is 2. The Morgan fingerprint density at radius 1 is 1.10 bits per heavy atom. The van der Waals surface area contributed by atoms with Crippen LogP contribution in [0.15, 0.2) is 24.3 Å². The van der Waals surface area contributed by atoms with Gasteiger partial charge in [0.05, 0.1) is 36.1 Å². The molecule has 14 atom stereocenters. The fraction of sp³-hybridized carbons (Fsp3) is 0.737. The Hall–Kier alpha value is -2.94. The fourth-order valence-electron chi connectivity index (χ4n) is 13.4. The van der Waals surface area contributed by atoms with Crippen LogP contribution in [0, 0.1) is 46.3 Å². The van der Waals surface area contributed by atoms with Crippen molar-refractivity contribution in [3.63, 3.8) is 0 Å². The molecule has 1 aromatic rings. The van der Waals surface area contributed by atoms with Crippen molar-refractivity contribution in [3.05, 3.63) is 29.8 Å². The Morgan fingerprint density at radius 3 is 2.47 bits per heavy atom. The number of likely N-dealkylation sites (N-methyl/N-ethyl adjacent to an activating group) is 1. The maximum absolute atomic E-state index is 14.1. The first-order chi connectivity index (χ1) is 24.3. The molecule has 5 saturated carbocycles. The van der Waals surface area contributed by atoms with Gasteiger partial charge in [0.2, 0.25) is 11.8 Å². The number of aliphatic hydroxyl groups excluding tert-OH is 1. The highest BCUT2D eigenvalue weighted by atomic mass is 16.6. The number of fused-ring (bicyclic) bond motifs is 2. The van der Waals surface area contributed by atoms with Gasteiger partial charge in [0.15, 0.2) is 0 Å². The zero-order valence-electron chi connectivity index (χ0n) is 29.9. The lowest BCUT2D eigenvalue weighted by molar-refractivity contribution is -0.317. The highest BCUT2D eigenvalue weighted by Crippen LogP contribution is 2.81. The molecule has 278 valence electrons. The summed E-state index contributed by atoms with van der Waals surface area (Å²) in [5, 5.41) is 38.0. The smallest absolute Gasteiger partial charge is 0.340 e. The molecule has 2 aliphatic heterocycles. The number of hydrogen-bond donors (Lipinski definition) is 3. The predicted molar refractivity (Wildman–Crippen MR) is 179 cm³/mol. The molecule has 5 aliphatic carbocycles. The molecule has 8 rings (SSSR count). The van der Waals surface area contributed by atoms with Crippen LogP contribution in [0.1, 0.15) is 63.2 Å². The summed E-state index contributed by atoms with van der Waals surface area (Å²) in [6.45, 7) is 5.54. The van der Waals surface area contributed by atoms with Gasteiger partial charge in [-0.25, -0.2) is 9.69 Å². The van der Waals surface area contributed by atoms with Gasteiger partial charge in [0, 0.05) is 81.6 Å². The highest BCUT2D eigenvalue weighted by Gasteiger charge is 2.91.